The predicted octanol–water partition coefficient (Wildman–Crippen LogP) is 2.32. The fraction of sp³-hybridized carbons (Fsp3) is 0.625. The van der Waals surface area contributed by atoms with Crippen LogP contribution in [-0.2, 0) is 0 Å². The van der Waals surface area contributed by atoms with Crippen molar-refractivity contribution < 1.29 is 4.79 Å². The fourth-order valence-electron chi connectivity index (χ4n) is 4.22. The van der Waals surface area contributed by atoms with Crippen LogP contribution in [0, 0.1) is 16.7 Å². The van der Waals surface area contributed by atoms with Crippen molar-refractivity contribution in [1.29, 1.82) is 0 Å². The van der Waals surface area contributed by atoms with Crippen LogP contribution in [0.5, 0.6) is 0 Å². The molecule has 0 radical (unpaired) electrons. The average Bonchev–Trinajstić information content (AvgIpc) is 2.72. The number of carbonyl (C=O) groups is 1. The Morgan fingerprint density at radius 3 is 2.60 bits per heavy atom. The summed E-state index contributed by atoms with van der Waals surface area (Å²) in [5, 5.41) is 3.18. The molecular formula is C16H22N2O2. The molecule has 3 rings (SSSR count). The third-order valence-corrected chi connectivity index (χ3v) is 6.15. The Bertz CT molecular complexity index is 584. The van der Waals surface area contributed by atoms with Gasteiger partial charge in [-0.25, -0.2) is 0 Å². The molecule has 2 fully saturated rings. The molecule has 3 atom stereocenters. The molecule has 2 saturated carbocycles. The smallest absolute Gasteiger partial charge is 0.252 e. The Labute approximate surface area is 119 Å². The maximum Gasteiger partial charge on any atom is 0.252 e. The summed E-state index contributed by atoms with van der Waals surface area (Å²) in [5.41, 5.74) is 0.800. The van der Waals surface area contributed by atoms with Gasteiger partial charge < -0.3 is 10.3 Å². The zero-order valence-corrected chi connectivity index (χ0v) is 12.3. The van der Waals surface area contributed by atoms with Gasteiger partial charge in [-0.15, -0.1) is 0 Å². The van der Waals surface area contributed by atoms with Crippen LogP contribution in [0.3, 0.4) is 0 Å². The molecule has 4 heteroatoms. The van der Waals surface area contributed by atoms with Crippen LogP contribution < -0.4 is 10.9 Å². The lowest BCUT2D eigenvalue weighted by Crippen LogP contribution is -2.46. The Hall–Kier alpha value is -1.58. The van der Waals surface area contributed by atoms with E-state index >= 15 is 0 Å². The van der Waals surface area contributed by atoms with Crippen LogP contribution in [0.2, 0.25) is 0 Å². The normalized spacial score (nSPS) is 34.1. The van der Waals surface area contributed by atoms with Crippen LogP contribution in [0.25, 0.3) is 0 Å². The second kappa shape index (κ2) is 4.21. The summed E-state index contributed by atoms with van der Waals surface area (Å²) in [6, 6.07) is 3.20. The van der Waals surface area contributed by atoms with Gasteiger partial charge in [0.1, 0.15) is 0 Å². The Morgan fingerprint density at radius 2 is 2.10 bits per heavy atom. The first-order valence-electron chi connectivity index (χ1n) is 7.34. The minimum Gasteiger partial charge on any atom is -0.349 e. The molecule has 2 N–H and O–H groups in total. The van der Waals surface area contributed by atoms with E-state index < -0.39 is 0 Å². The van der Waals surface area contributed by atoms with Crippen LogP contribution in [-0.4, -0.2) is 16.9 Å². The van der Waals surface area contributed by atoms with Crippen molar-refractivity contribution in [2.75, 3.05) is 0 Å². The van der Waals surface area contributed by atoms with E-state index in [0.29, 0.717) is 11.5 Å². The Kier molecular flexibility index (Phi) is 2.82. The van der Waals surface area contributed by atoms with E-state index in [9.17, 15) is 9.59 Å². The van der Waals surface area contributed by atoms with Crippen molar-refractivity contribution in [3.63, 3.8) is 0 Å². The molecule has 2 bridgehead atoms. The van der Waals surface area contributed by atoms with Crippen molar-refractivity contribution >= 4 is 5.91 Å². The molecule has 20 heavy (non-hydrogen) atoms. The lowest BCUT2D eigenvalue weighted by Gasteiger charge is -2.39. The first kappa shape index (κ1) is 13.4. The summed E-state index contributed by atoms with van der Waals surface area (Å²) in [4.78, 5) is 25.9. The summed E-state index contributed by atoms with van der Waals surface area (Å²) in [6.45, 7) is 6.96. The van der Waals surface area contributed by atoms with Crippen molar-refractivity contribution in [3.05, 3.63) is 34.2 Å². The largest absolute Gasteiger partial charge is 0.349 e. The predicted molar refractivity (Wildman–Crippen MR) is 77.5 cm³/mol. The fourth-order valence-corrected chi connectivity index (χ4v) is 4.22. The minimum absolute atomic E-state index is 0.0872. The third kappa shape index (κ3) is 1.74. The van der Waals surface area contributed by atoms with Gasteiger partial charge in [-0.1, -0.05) is 20.8 Å². The van der Waals surface area contributed by atoms with Crippen LogP contribution >= 0.6 is 0 Å². The van der Waals surface area contributed by atoms with E-state index in [4.69, 9.17) is 0 Å². The van der Waals surface area contributed by atoms with Gasteiger partial charge in [0.2, 0.25) is 5.56 Å². The van der Waals surface area contributed by atoms with Crippen molar-refractivity contribution in [1.82, 2.24) is 10.3 Å². The van der Waals surface area contributed by atoms with Crippen molar-refractivity contribution in [2.45, 2.75) is 46.1 Å². The first-order valence-corrected chi connectivity index (χ1v) is 7.34. The Balaban J connectivity index is 1.78. The van der Waals surface area contributed by atoms with Crippen LogP contribution in [0.4, 0.5) is 0 Å². The number of rotatable bonds is 2. The van der Waals surface area contributed by atoms with E-state index in [1.165, 1.54) is 25.1 Å². The molecule has 4 nitrogen and oxygen atoms in total. The zero-order valence-electron chi connectivity index (χ0n) is 12.3. The van der Waals surface area contributed by atoms with E-state index in [1.54, 1.807) is 6.07 Å². The topological polar surface area (TPSA) is 62.0 Å². The second-order valence-corrected chi connectivity index (χ2v) is 7.08. The highest BCUT2D eigenvalue weighted by Crippen LogP contribution is 2.65. The quantitative estimate of drug-likeness (QED) is 0.869. The maximum absolute atomic E-state index is 12.3. The van der Waals surface area contributed by atoms with Crippen LogP contribution in [0.15, 0.2) is 23.1 Å². The summed E-state index contributed by atoms with van der Waals surface area (Å²) in [7, 11) is 0. The summed E-state index contributed by atoms with van der Waals surface area (Å²) < 4.78 is 0. The zero-order chi connectivity index (χ0) is 14.5. The highest BCUT2D eigenvalue weighted by atomic mass is 16.2. The molecule has 1 heterocycles. The number of hydrogen-bond donors (Lipinski definition) is 2. The first-order chi connectivity index (χ1) is 9.34. The highest BCUT2D eigenvalue weighted by molar-refractivity contribution is 5.94. The van der Waals surface area contributed by atoms with Gasteiger partial charge in [-0.05, 0) is 42.1 Å². The molecule has 1 aromatic rings. The molecule has 3 unspecified atom stereocenters. The van der Waals surface area contributed by atoms with Gasteiger partial charge >= 0.3 is 0 Å². The van der Waals surface area contributed by atoms with Crippen LogP contribution in [0.1, 0.15) is 50.4 Å². The van der Waals surface area contributed by atoms with Gasteiger partial charge in [-0.2, -0.15) is 0 Å². The van der Waals surface area contributed by atoms with Gasteiger partial charge in [0.25, 0.3) is 5.91 Å². The molecule has 0 aliphatic heterocycles. The molecule has 0 saturated heterocycles. The summed E-state index contributed by atoms with van der Waals surface area (Å²) >= 11 is 0. The summed E-state index contributed by atoms with van der Waals surface area (Å²) in [6.07, 6.45) is 5.01. The van der Waals surface area contributed by atoms with E-state index in [-0.39, 0.29) is 28.3 Å². The third-order valence-electron chi connectivity index (χ3n) is 6.15. The van der Waals surface area contributed by atoms with Gasteiger partial charge in [0, 0.05) is 18.3 Å². The van der Waals surface area contributed by atoms with Gasteiger partial charge in [0.15, 0.2) is 0 Å². The molecule has 2 aliphatic carbocycles. The van der Waals surface area contributed by atoms with Gasteiger partial charge in [-0.3, -0.25) is 9.59 Å². The van der Waals surface area contributed by atoms with Gasteiger partial charge in [0.05, 0.1) is 5.56 Å². The maximum atomic E-state index is 12.3. The molecule has 1 aromatic heterocycles. The monoisotopic (exact) mass is 274 g/mol. The number of fused-ring (bicyclic) bond motifs is 2. The molecule has 0 aromatic carbocycles. The van der Waals surface area contributed by atoms with E-state index in [0.717, 1.165) is 6.42 Å². The van der Waals surface area contributed by atoms with Crippen molar-refractivity contribution in [3.8, 4) is 0 Å². The second-order valence-electron chi connectivity index (χ2n) is 7.08. The average molecular weight is 274 g/mol. The number of aromatic nitrogens is 1. The van der Waals surface area contributed by atoms with Crippen molar-refractivity contribution in [2.24, 2.45) is 16.7 Å². The molecule has 0 spiro atoms. The highest BCUT2D eigenvalue weighted by Gasteiger charge is 2.61. The summed E-state index contributed by atoms with van der Waals surface area (Å²) in [5.74, 6) is 0.615. The lowest BCUT2D eigenvalue weighted by atomic mass is 9.69. The number of amides is 1. The number of carbonyl (C=O) groups excluding carboxylic acids is 1. The number of H-pyrrole nitrogens is 1. The number of pyridine rings is 1. The molecule has 2 aliphatic rings. The standard InChI is InChI=1S/C16H22N2O2/c1-15(2)11-6-7-16(15,3)12(8-11)18-14(20)10-4-5-13(19)17-9-10/h4-5,9,11-12H,6-8H2,1-3H3,(H,17,19)(H,18,20). The molecule has 108 valence electrons. The number of hydrogen-bond acceptors (Lipinski definition) is 2. The number of aromatic amines is 1. The Morgan fingerprint density at radius 1 is 1.35 bits per heavy atom. The molecular weight excluding hydrogens is 252 g/mol. The molecule has 1 amide bonds. The number of nitrogens with one attached hydrogen (secondary N) is 2. The lowest BCUT2D eigenvalue weighted by molar-refractivity contribution is 0.0826. The van der Waals surface area contributed by atoms with E-state index in [2.05, 4.69) is 31.1 Å². The minimum atomic E-state index is -0.186. The van der Waals surface area contributed by atoms with E-state index in [1.807, 2.05) is 0 Å². The SMILES string of the molecule is CC1(C)C2CCC1(C)C(NC(=O)c1ccc(=O)[nH]c1)C2.